The molecule has 0 amide bonds. The molecule has 1 atom stereocenters. The fourth-order valence-corrected chi connectivity index (χ4v) is 2.54. The minimum Gasteiger partial charge on any atom is -0.507 e. The Morgan fingerprint density at radius 2 is 1.89 bits per heavy atom. The van der Waals surface area contributed by atoms with E-state index < -0.39 is 12.1 Å². The smallest absolute Gasteiger partial charge is 0.339 e. The fourth-order valence-electron chi connectivity index (χ4n) is 2.54. The molecule has 0 radical (unpaired) electrons. The summed E-state index contributed by atoms with van der Waals surface area (Å²) in [6.07, 6.45) is 2.08. The summed E-state index contributed by atoms with van der Waals surface area (Å²) >= 11 is 0. The SMILES string of the molecule is COC(=O)C(O)c1cc(OC)c2c(c1O)CCCC2. The van der Waals surface area contributed by atoms with E-state index in [2.05, 4.69) is 4.74 Å². The van der Waals surface area contributed by atoms with Gasteiger partial charge in [-0.15, -0.1) is 0 Å². The highest BCUT2D eigenvalue weighted by Crippen LogP contribution is 2.40. The summed E-state index contributed by atoms with van der Waals surface area (Å²) in [6, 6.07) is 1.51. The third kappa shape index (κ3) is 2.38. The number of carbonyl (C=O) groups is 1. The van der Waals surface area contributed by atoms with Crippen molar-refractivity contribution >= 4 is 5.97 Å². The van der Waals surface area contributed by atoms with E-state index in [1.165, 1.54) is 20.3 Å². The summed E-state index contributed by atoms with van der Waals surface area (Å²) in [5.41, 5.74) is 1.87. The number of aliphatic hydroxyl groups is 1. The maximum Gasteiger partial charge on any atom is 0.339 e. The van der Waals surface area contributed by atoms with Crippen LogP contribution in [0.5, 0.6) is 11.5 Å². The molecule has 1 aliphatic carbocycles. The maximum absolute atomic E-state index is 11.4. The number of hydrogen-bond acceptors (Lipinski definition) is 5. The van der Waals surface area contributed by atoms with Gasteiger partial charge in [-0.3, -0.25) is 0 Å². The van der Waals surface area contributed by atoms with E-state index >= 15 is 0 Å². The van der Waals surface area contributed by atoms with Gasteiger partial charge in [-0.1, -0.05) is 0 Å². The molecule has 2 N–H and O–H groups in total. The molecule has 1 aromatic carbocycles. The summed E-state index contributed by atoms with van der Waals surface area (Å²) in [6.45, 7) is 0. The highest BCUT2D eigenvalue weighted by atomic mass is 16.5. The van der Waals surface area contributed by atoms with Crippen LogP contribution in [0.4, 0.5) is 0 Å². The van der Waals surface area contributed by atoms with Crippen molar-refractivity contribution in [2.24, 2.45) is 0 Å². The normalized spacial score (nSPS) is 15.5. The van der Waals surface area contributed by atoms with Gasteiger partial charge in [-0.05, 0) is 31.7 Å². The molecule has 0 spiro atoms. The monoisotopic (exact) mass is 266 g/mol. The predicted octanol–water partition coefficient (Wildman–Crippen LogP) is 1.49. The molecule has 0 bridgehead atoms. The van der Waals surface area contributed by atoms with E-state index in [-0.39, 0.29) is 11.3 Å². The molecule has 1 aliphatic rings. The number of phenolic OH excluding ortho intramolecular Hbond substituents is 1. The van der Waals surface area contributed by atoms with Crippen LogP contribution in [-0.4, -0.2) is 30.4 Å². The van der Waals surface area contributed by atoms with Crippen molar-refractivity contribution in [3.8, 4) is 11.5 Å². The van der Waals surface area contributed by atoms with E-state index in [0.29, 0.717) is 5.75 Å². The Morgan fingerprint density at radius 3 is 2.47 bits per heavy atom. The van der Waals surface area contributed by atoms with E-state index in [0.717, 1.165) is 36.8 Å². The molecule has 1 unspecified atom stereocenters. The molecular formula is C14H18O5. The molecule has 0 aromatic heterocycles. The van der Waals surface area contributed by atoms with E-state index in [1.807, 2.05) is 0 Å². The quantitative estimate of drug-likeness (QED) is 0.811. The van der Waals surface area contributed by atoms with Crippen molar-refractivity contribution < 1.29 is 24.5 Å². The second-order valence-electron chi connectivity index (χ2n) is 4.61. The molecule has 0 aliphatic heterocycles. The first kappa shape index (κ1) is 13.7. The number of phenols is 1. The third-order valence-electron chi connectivity index (χ3n) is 3.55. The second-order valence-corrected chi connectivity index (χ2v) is 4.61. The van der Waals surface area contributed by atoms with Crippen molar-refractivity contribution in [2.45, 2.75) is 31.8 Å². The van der Waals surface area contributed by atoms with Crippen LogP contribution in [0.25, 0.3) is 0 Å². The standard InChI is InChI=1S/C14H18O5/c1-18-11-7-10(13(16)14(17)19-2)12(15)9-6-4-3-5-8(9)11/h7,13,15-16H,3-6H2,1-2H3. The van der Waals surface area contributed by atoms with Gasteiger partial charge in [-0.25, -0.2) is 4.79 Å². The summed E-state index contributed by atoms with van der Waals surface area (Å²) in [7, 11) is 2.73. The summed E-state index contributed by atoms with van der Waals surface area (Å²) in [5.74, 6) is -0.216. The largest absolute Gasteiger partial charge is 0.507 e. The Labute approximate surface area is 111 Å². The van der Waals surface area contributed by atoms with Gasteiger partial charge in [-0.2, -0.15) is 0 Å². The Morgan fingerprint density at radius 1 is 1.26 bits per heavy atom. The number of benzene rings is 1. The zero-order chi connectivity index (χ0) is 14.0. The molecule has 0 heterocycles. The van der Waals surface area contributed by atoms with E-state index in [4.69, 9.17) is 4.74 Å². The van der Waals surface area contributed by atoms with Crippen molar-refractivity contribution in [1.29, 1.82) is 0 Å². The van der Waals surface area contributed by atoms with Crippen molar-refractivity contribution in [3.63, 3.8) is 0 Å². The van der Waals surface area contributed by atoms with E-state index in [1.54, 1.807) is 0 Å². The van der Waals surface area contributed by atoms with Crippen molar-refractivity contribution in [1.82, 2.24) is 0 Å². The van der Waals surface area contributed by atoms with Gasteiger partial charge in [0.25, 0.3) is 0 Å². The Balaban J connectivity index is 2.53. The minimum absolute atomic E-state index is 0.0200. The highest BCUT2D eigenvalue weighted by molar-refractivity contribution is 5.78. The Hall–Kier alpha value is -1.75. The number of aliphatic hydroxyl groups excluding tert-OH is 1. The molecule has 5 nitrogen and oxygen atoms in total. The number of carbonyl (C=O) groups excluding carboxylic acids is 1. The van der Waals surface area contributed by atoms with E-state index in [9.17, 15) is 15.0 Å². The summed E-state index contributed by atoms with van der Waals surface area (Å²) in [4.78, 5) is 11.4. The van der Waals surface area contributed by atoms with Crippen LogP contribution in [0.1, 0.15) is 35.6 Å². The highest BCUT2D eigenvalue weighted by Gasteiger charge is 2.27. The predicted molar refractivity (Wildman–Crippen MR) is 68.3 cm³/mol. The van der Waals surface area contributed by atoms with Gasteiger partial charge >= 0.3 is 5.97 Å². The zero-order valence-corrected chi connectivity index (χ0v) is 11.1. The minimum atomic E-state index is -1.49. The third-order valence-corrected chi connectivity index (χ3v) is 3.55. The Kier molecular flexibility index (Phi) is 3.95. The average Bonchev–Trinajstić information content (AvgIpc) is 2.46. The lowest BCUT2D eigenvalue weighted by molar-refractivity contribution is -0.150. The fraction of sp³-hybridized carbons (Fsp3) is 0.500. The van der Waals surface area contributed by atoms with Gasteiger partial charge in [0.15, 0.2) is 6.10 Å². The average molecular weight is 266 g/mol. The molecule has 2 rings (SSSR count). The number of fused-ring (bicyclic) bond motifs is 1. The van der Waals surface area contributed by atoms with Crippen LogP contribution in [0, 0.1) is 0 Å². The van der Waals surface area contributed by atoms with Crippen LogP contribution < -0.4 is 4.74 Å². The zero-order valence-electron chi connectivity index (χ0n) is 11.1. The molecule has 5 heteroatoms. The van der Waals surface area contributed by atoms with Gasteiger partial charge in [0.2, 0.25) is 0 Å². The van der Waals surface area contributed by atoms with Crippen LogP contribution in [0.15, 0.2) is 6.07 Å². The summed E-state index contributed by atoms with van der Waals surface area (Å²) in [5, 5.41) is 20.1. The number of ether oxygens (including phenoxy) is 2. The number of rotatable bonds is 3. The van der Waals surface area contributed by atoms with Crippen molar-refractivity contribution in [2.75, 3.05) is 14.2 Å². The lowest BCUT2D eigenvalue weighted by Gasteiger charge is -2.23. The Bertz CT molecular complexity index is 495. The first-order chi connectivity index (χ1) is 9.10. The molecule has 0 saturated heterocycles. The van der Waals surface area contributed by atoms with Gasteiger partial charge in [0, 0.05) is 16.7 Å². The molecule has 19 heavy (non-hydrogen) atoms. The second kappa shape index (κ2) is 5.48. The summed E-state index contributed by atoms with van der Waals surface area (Å²) < 4.78 is 9.80. The van der Waals surface area contributed by atoms with Crippen LogP contribution in [-0.2, 0) is 22.4 Å². The molecule has 0 saturated carbocycles. The lowest BCUT2D eigenvalue weighted by Crippen LogP contribution is -2.16. The van der Waals surface area contributed by atoms with Gasteiger partial charge in [0.1, 0.15) is 11.5 Å². The first-order valence-electron chi connectivity index (χ1n) is 6.27. The molecular weight excluding hydrogens is 248 g/mol. The van der Waals surface area contributed by atoms with Crippen LogP contribution in [0.2, 0.25) is 0 Å². The molecule has 0 fully saturated rings. The number of esters is 1. The topological polar surface area (TPSA) is 76.0 Å². The number of aromatic hydroxyl groups is 1. The van der Waals surface area contributed by atoms with Crippen LogP contribution in [0.3, 0.4) is 0 Å². The van der Waals surface area contributed by atoms with Gasteiger partial charge in [0.05, 0.1) is 14.2 Å². The van der Waals surface area contributed by atoms with Crippen molar-refractivity contribution in [3.05, 3.63) is 22.8 Å². The number of hydrogen-bond donors (Lipinski definition) is 2. The molecule has 1 aromatic rings. The number of methoxy groups -OCH3 is 2. The van der Waals surface area contributed by atoms with Crippen LogP contribution >= 0.6 is 0 Å². The lowest BCUT2D eigenvalue weighted by atomic mass is 9.87. The molecule has 104 valence electrons. The first-order valence-corrected chi connectivity index (χ1v) is 6.27. The van der Waals surface area contributed by atoms with Gasteiger partial charge < -0.3 is 19.7 Å². The maximum atomic E-state index is 11.4.